The van der Waals surface area contributed by atoms with Crippen molar-refractivity contribution in [3.8, 4) is 12.1 Å². The lowest BCUT2D eigenvalue weighted by atomic mass is 9.74. The molecular formula is C71H116F6N2O15Si4. The van der Waals surface area contributed by atoms with Crippen LogP contribution >= 0.6 is 0 Å². The predicted octanol–water partition coefficient (Wildman–Crippen LogP) is 17.4. The maximum Gasteiger partial charge on any atom is 0.469 e. The van der Waals surface area contributed by atoms with Crippen molar-refractivity contribution in [2.45, 2.75) is 301 Å². The highest BCUT2D eigenvalue weighted by Crippen LogP contribution is 2.63. The predicted molar refractivity (Wildman–Crippen MR) is 370 cm³/mol. The number of alkyl halides is 6. The van der Waals surface area contributed by atoms with E-state index in [1.165, 1.54) is 38.3 Å². The van der Waals surface area contributed by atoms with Crippen LogP contribution in [0.25, 0.3) is 0 Å². The number of carbonyl (C=O) groups is 6. The fourth-order valence-corrected chi connectivity index (χ4v) is 26.7. The maximum atomic E-state index is 12.2. The SMILES string of the molecule is CCC(C)(C)C(=O)OC(C(F)(F)F)C(F)(F)F.CCC(C)(C)C(=O)OC1C2CC3C1OC(=O)C3(C#N)C2.CCC(C)(C)C(=O)OC1C2CC3C1OC(=O)C3(C#N)C2.CCC(C)(C)C(=O)OCCC[Si](O[Si](C)(C)C)(O[Si](C)(C)C)O[Si](C)(C)C.CCC(C)c1ccc(C(C)(C)C)cc1. The Morgan fingerprint density at radius 2 is 0.898 bits per heavy atom. The zero-order chi connectivity index (χ0) is 76.0. The molecule has 2 aliphatic heterocycles. The van der Waals surface area contributed by atoms with Crippen molar-refractivity contribution in [3.63, 3.8) is 0 Å². The number of carbonyl (C=O) groups excluding carboxylic acids is 6. The molecule has 17 nitrogen and oxygen atoms in total. The molecule has 6 fully saturated rings. The van der Waals surface area contributed by atoms with Crippen LogP contribution in [0, 0.1) is 78.8 Å². The summed E-state index contributed by atoms with van der Waals surface area (Å²) in [7, 11) is -8.42. The molecule has 6 aliphatic rings. The van der Waals surface area contributed by atoms with Gasteiger partial charge in [-0.15, -0.1) is 0 Å². The lowest BCUT2D eigenvalue weighted by Crippen LogP contribution is -2.60. The summed E-state index contributed by atoms with van der Waals surface area (Å²) in [6, 6.07) is 14.1. The molecule has 2 heterocycles. The Morgan fingerprint density at radius 3 is 1.19 bits per heavy atom. The molecule has 4 saturated carbocycles. The molecule has 11 atom stereocenters. The highest BCUT2D eigenvalue weighted by atomic mass is 28.5. The molecule has 7 rings (SSSR count). The van der Waals surface area contributed by atoms with E-state index >= 15 is 0 Å². The van der Waals surface area contributed by atoms with Crippen LogP contribution in [0.15, 0.2) is 24.3 Å². The minimum absolute atomic E-state index is 0.0638. The van der Waals surface area contributed by atoms with Gasteiger partial charge in [-0.3, -0.25) is 28.8 Å². The van der Waals surface area contributed by atoms with Gasteiger partial charge in [0.2, 0.25) is 0 Å². The number of hydrogen-bond acceptors (Lipinski definition) is 17. The minimum Gasteiger partial charge on any atom is -0.465 e. The highest BCUT2D eigenvalue weighted by molar-refractivity contribution is 6.90. The fraction of sp³-hybridized carbons (Fsp3) is 0.803. The first-order chi connectivity index (χ1) is 44.3. The Kier molecular flexibility index (Phi) is 28.9. The van der Waals surface area contributed by atoms with Gasteiger partial charge in [-0.1, -0.05) is 86.6 Å². The number of nitrogens with zero attached hydrogens (tertiary/aromatic N) is 2. The summed E-state index contributed by atoms with van der Waals surface area (Å²) >= 11 is 0. The number of ether oxygens (including phenoxy) is 6. The van der Waals surface area contributed by atoms with Crippen LogP contribution in [0.4, 0.5) is 26.3 Å². The zero-order valence-electron chi connectivity index (χ0n) is 63.4. The van der Waals surface area contributed by atoms with Crippen molar-refractivity contribution in [1.82, 2.24) is 0 Å². The van der Waals surface area contributed by atoms with Crippen LogP contribution in [0.2, 0.25) is 65.0 Å². The molecule has 0 N–H and O–H groups in total. The number of benzene rings is 1. The fourth-order valence-electron chi connectivity index (χ4n) is 12.1. The summed E-state index contributed by atoms with van der Waals surface area (Å²) in [6.45, 7) is 52.3. The van der Waals surface area contributed by atoms with Crippen molar-refractivity contribution in [2.24, 2.45) is 56.2 Å². The maximum absolute atomic E-state index is 12.2. The van der Waals surface area contributed by atoms with E-state index in [1.807, 2.05) is 62.3 Å². The molecule has 4 bridgehead atoms. The number of hydrogen-bond donors (Lipinski definition) is 0. The van der Waals surface area contributed by atoms with E-state index in [1.54, 1.807) is 0 Å². The lowest BCUT2D eigenvalue weighted by Gasteiger charge is -2.42. The molecule has 1 aromatic carbocycles. The van der Waals surface area contributed by atoms with Crippen LogP contribution in [0.1, 0.15) is 199 Å². The second-order valence-electron chi connectivity index (χ2n) is 33.8. The van der Waals surface area contributed by atoms with Gasteiger partial charge in [-0.2, -0.15) is 36.9 Å². The summed E-state index contributed by atoms with van der Waals surface area (Å²) in [5.74, 6) is -2.38. The molecular weight excluding hydrogens is 1350 g/mol. The van der Waals surface area contributed by atoms with Crippen LogP contribution < -0.4 is 0 Å². The number of fused-ring (bicyclic) bond motifs is 2. The molecule has 27 heteroatoms. The number of rotatable bonds is 23. The van der Waals surface area contributed by atoms with Crippen LogP contribution in [0.5, 0.6) is 0 Å². The van der Waals surface area contributed by atoms with Crippen LogP contribution in [0.3, 0.4) is 0 Å². The van der Waals surface area contributed by atoms with Crippen LogP contribution in [-0.2, 0) is 74.9 Å². The first-order valence-electron chi connectivity index (χ1n) is 34.7. The molecule has 1 aromatic rings. The van der Waals surface area contributed by atoms with Crippen molar-refractivity contribution in [1.29, 1.82) is 10.5 Å². The van der Waals surface area contributed by atoms with Crippen molar-refractivity contribution >= 4 is 69.6 Å². The summed E-state index contributed by atoms with van der Waals surface area (Å²) in [6.07, 6.45) is -10.4. The van der Waals surface area contributed by atoms with Gasteiger partial charge >= 0.3 is 57.0 Å². The Labute approximate surface area is 584 Å². The summed E-state index contributed by atoms with van der Waals surface area (Å²) < 4.78 is 123. The average molecular weight is 1460 g/mol. The van der Waals surface area contributed by atoms with E-state index in [0.29, 0.717) is 50.7 Å². The number of nitriles is 2. The van der Waals surface area contributed by atoms with Gasteiger partial charge in [-0.05, 0) is 201 Å². The Bertz CT molecular complexity index is 2860. The third-order valence-electron chi connectivity index (χ3n) is 19.8. The van der Waals surface area contributed by atoms with Gasteiger partial charge in [0.15, 0.2) is 35.8 Å². The molecule has 0 spiro atoms. The second-order valence-corrected chi connectivity index (χ2v) is 50.8. The van der Waals surface area contributed by atoms with Gasteiger partial charge in [-0.25, -0.2) is 0 Å². The van der Waals surface area contributed by atoms with Gasteiger partial charge in [0.25, 0.3) is 6.10 Å². The van der Waals surface area contributed by atoms with E-state index in [-0.39, 0.29) is 65.6 Å². The first kappa shape index (κ1) is 87.6. The molecule has 0 radical (unpaired) electrons. The number of esters is 6. The van der Waals surface area contributed by atoms with Crippen molar-refractivity contribution < 1.29 is 95.9 Å². The van der Waals surface area contributed by atoms with Crippen LogP contribution in [-0.4, -0.2) is 119 Å². The third-order valence-corrected chi connectivity index (χ3v) is 31.8. The van der Waals surface area contributed by atoms with E-state index in [0.717, 1.165) is 19.3 Å². The minimum atomic E-state index is -5.67. The standard InChI is InChI=1S/C18H44O5Si4.2C15H19NO4.C14H22.C9H12F6O2/c1-13-18(2,3)17(19)20-15-14-16-27(21-24(4,5)6,22-25(7,8)9)23-26(10,11)12;2*1-4-14(2,3)12(17)19-10-8-5-9-11(10)20-13(18)15(9,6-8)7-16;1-6-11(2)12-7-9-13(10-8-12)14(3,4)5;1-4-7(2,3)6(16)17-5(8(10,11)12)9(13,14)15/h13-16H2,1-12H3;2*8-11H,4-6H2,1-3H3;7-11H,6H2,1-5H3;5H,4H2,1-3H3. The smallest absolute Gasteiger partial charge is 0.465 e. The average Bonchev–Trinajstić information content (AvgIpc) is 1.55. The molecule has 4 aliphatic carbocycles. The summed E-state index contributed by atoms with van der Waals surface area (Å²) in [4.78, 5) is 71.7. The topological polar surface area (TPSA) is 233 Å². The van der Waals surface area contributed by atoms with Gasteiger partial charge in [0.1, 0.15) is 24.4 Å². The number of halogens is 6. The highest BCUT2D eigenvalue weighted by Gasteiger charge is 2.74. The zero-order valence-corrected chi connectivity index (χ0v) is 67.4. The molecule has 558 valence electrons. The molecule has 0 amide bonds. The molecule has 98 heavy (non-hydrogen) atoms. The van der Waals surface area contributed by atoms with E-state index in [9.17, 15) is 65.6 Å². The monoisotopic (exact) mass is 1460 g/mol. The third kappa shape index (κ3) is 22.2. The van der Waals surface area contributed by atoms with Gasteiger partial charge < -0.3 is 40.8 Å². The Morgan fingerprint density at radius 1 is 0.561 bits per heavy atom. The normalized spacial score (nSPS) is 25.3. The molecule has 11 unspecified atom stereocenters. The van der Waals surface area contributed by atoms with Gasteiger partial charge in [0, 0.05) is 29.7 Å². The van der Waals surface area contributed by atoms with E-state index in [4.69, 9.17) is 36.0 Å². The molecule has 2 saturated heterocycles. The largest absolute Gasteiger partial charge is 0.469 e. The van der Waals surface area contributed by atoms with E-state index in [2.05, 4.69) is 135 Å². The van der Waals surface area contributed by atoms with Gasteiger partial charge in [0.05, 0.1) is 40.4 Å². The summed E-state index contributed by atoms with van der Waals surface area (Å²) in [5.41, 5.74) is -1.69. The Balaban J connectivity index is 0.000000324. The van der Waals surface area contributed by atoms with E-state index < -0.39 is 115 Å². The lowest BCUT2D eigenvalue weighted by molar-refractivity contribution is -0.315. The Hall–Kier alpha value is -4.65. The summed E-state index contributed by atoms with van der Waals surface area (Å²) in [5, 5.41) is 18.6. The van der Waals surface area contributed by atoms with Crippen molar-refractivity contribution in [3.05, 3.63) is 35.4 Å². The quantitative estimate of drug-likeness (QED) is 0.0326. The van der Waals surface area contributed by atoms with Crippen molar-refractivity contribution in [2.75, 3.05) is 6.61 Å². The first-order valence-corrected chi connectivity index (χ1v) is 46.8. The molecule has 0 aromatic heterocycles. The second kappa shape index (κ2) is 32.3.